The predicted octanol–water partition coefficient (Wildman–Crippen LogP) is 2.08. The third-order valence-electron chi connectivity index (χ3n) is 1.41. The van der Waals surface area contributed by atoms with Crippen molar-refractivity contribution in [3.63, 3.8) is 0 Å². The van der Waals surface area contributed by atoms with Crippen LogP contribution in [0.3, 0.4) is 0 Å². The zero-order valence-corrected chi connectivity index (χ0v) is 9.42. The molecular formula is C8H8Cl2N2OS. The molecule has 3 nitrogen and oxygen atoms in total. The van der Waals surface area contributed by atoms with Crippen molar-refractivity contribution in [2.75, 3.05) is 5.75 Å². The lowest BCUT2D eigenvalue weighted by Crippen LogP contribution is -2.31. The molecule has 0 unspecified atom stereocenters. The van der Waals surface area contributed by atoms with E-state index in [9.17, 15) is 4.79 Å². The highest BCUT2D eigenvalue weighted by molar-refractivity contribution is 8.00. The molecule has 14 heavy (non-hydrogen) atoms. The first kappa shape index (κ1) is 11.7. The molecule has 1 aromatic rings. The second-order valence-electron chi connectivity index (χ2n) is 2.43. The Morgan fingerprint density at radius 2 is 2.21 bits per heavy atom. The molecule has 0 heterocycles. The molecule has 0 saturated carbocycles. The van der Waals surface area contributed by atoms with Crippen molar-refractivity contribution in [1.29, 1.82) is 0 Å². The van der Waals surface area contributed by atoms with Crippen molar-refractivity contribution < 1.29 is 4.79 Å². The maximum atomic E-state index is 10.8. The fourth-order valence-corrected chi connectivity index (χ4v) is 2.08. The number of benzene rings is 1. The van der Waals surface area contributed by atoms with Crippen molar-refractivity contribution in [1.82, 2.24) is 5.43 Å². The summed E-state index contributed by atoms with van der Waals surface area (Å²) in [5.74, 6) is 4.92. The van der Waals surface area contributed by atoms with E-state index in [2.05, 4.69) is 0 Å². The number of hydrogen-bond donors (Lipinski definition) is 2. The van der Waals surface area contributed by atoms with Crippen LogP contribution >= 0.6 is 35.0 Å². The summed E-state index contributed by atoms with van der Waals surface area (Å²) in [5.41, 5.74) is 2.04. The highest BCUT2D eigenvalue weighted by Crippen LogP contribution is 2.29. The normalized spacial score (nSPS) is 9.93. The van der Waals surface area contributed by atoms with Gasteiger partial charge in [-0.25, -0.2) is 5.84 Å². The molecule has 0 fully saturated rings. The summed E-state index contributed by atoms with van der Waals surface area (Å²) in [6.45, 7) is 0. The Morgan fingerprint density at radius 1 is 1.50 bits per heavy atom. The summed E-state index contributed by atoms with van der Waals surface area (Å²) in [6.07, 6.45) is 0. The first-order valence-electron chi connectivity index (χ1n) is 3.71. The lowest BCUT2D eigenvalue weighted by atomic mass is 10.4. The minimum absolute atomic E-state index is 0.234. The van der Waals surface area contributed by atoms with E-state index in [0.717, 1.165) is 4.90 Å². The van der Waals surface area contributed by atoms with Gasteiger partial charge in [0.05, 0.1) is 10.8 Å². The summed E-state index contributed by atoms with van der Waals surface area (Å²) < 4.78 is 0. The quantitative estimate of drug-likeness (QED) is 0.374. The largest absolute Gasteiger partial charge is 0.294 e. The number of thioether (sulfide) groups is 1. The highest BCUT2D eigenvalue weighted by Gasteiger charge is 2.04. The van der Waals surface area contributed by atoms with Crippen molar-refractivity contribution in [3.8, 4) is 0 Å². The molecule has 1 aromatic carbocycles. The van der Waals surface area contributed by atoms with Gasteiger partial charge in [-0.05, 0) is 18.2 Å². The van der Waals surface area contributed by atoms with E-state index < -0.39 is 0 Å². The molecule has 3 N–H and O–H groups in total. The minimum Gasteiger partial charge on any atom is -0.294 e. The van der Waals surface area contributed by atoms with E-state index in [1.54, 1.807) is 18.2 Å². The Hall–Kier alpha value is -0.420. The summed E-state index contributed by atoms with van der Waals surface area (Å²) in [6, 6.07) is 5.11. The molecule has 0 aliphatic carbocycles. The van der Waals surface area contributed by atoms with E-state index in [4.69, 9.17) is 29.0 Å². The number of halogens is 2. The molecule has 1 rings (SSSR count). The maximum Gasteiger partial charge on any atom is 0.244 e. The maximum absolute atomic E-state index is 10.8. The van der Waals surface area contributed by atoms with E-state index in [-0.39, 0.29) is 11.7 Å². The van der Waals surface area contributed by atoms with Gasteiger partial charge in [-0.3, -0.25) is 10.2 Å². The molecule has 0 atom stereocenters. The standard InChI is InChI=1S/C8H8Cl2N2OS/c9-5-1-2-7(6(10)3-5)14-4-8(13)12-11/h1-3H,4,11H2,(H,12,13). The zero-order valence-electron chi connectivity index (χ0n) is 7.09. The van der Waals surface area contributed by atoms with Crippen molar-refractivity contribution in [2.45, 2.75) is 4.90 Å². The van der Waals surface area contributed by atoms with Gasteiger partial charge in [-0.1, -0.05) is 23.2 Å². The van der Waals surface area contributed by atoms with Gasteiger partial charge in [0.2, 0.25) is 5.91 Å². The summed E-state index contributed by atoms with van der Waals surface area (Å²) in [4.78, 5) is 11.6. The van der Waals surface area contributed by atoms with Gasteiger partial charge in [-0.2, -0.15) is 0 Å². The van der Waals surface area contributed by atoms with Crippen LogP contribution in [0, 0.1) is 0 Å². The monoisotopic (exact) mass is 250 g/mol. The molecule has 1 amide bonds. The molecule has 0 radical (unpaired) electrons. The van der Waals surface area contributed by atoms with Crippen LogP contribution in [0.5, 0.6) is 0 Å². The van der Waals surface area contributed by atoms with E-state index in [1.165, 1.54) is 11.8 Å². The second-order valence-corrected chi connectivity index (χ2v) is 4.29. The van der Waals surface area contributed by atoms with Gasteiger partial charge in [0.15, 0.2) is 0 Å². The third kappa shape index (κ3) is 3.38. The molecule has 6 heteroatoms. The van der Waals surface area contributed by atoms with E-state index in [1.807, 2.05) is 5.43 Å². The molecule has 0 bridgehead atoms. The van der Waals surface area contributed by atoms with Crippen molar-refractivity contribution in [2.24, 2.45) is 5.84 Å². The molecule has 0 saturated heterocycles. The molecular weight excluding hydrogens is 243 g/mol. The van der Waals surface area contributed by atoms with Gasteiger partial charge in [-0.15, -0.1) is 11.8 Å². The number of nitrogens with one attached hydrogen (secondary N) is 1. The smallest absolute Gasteiger partial charge is 0.244 e. The van der Waals surface area contributed by atoms with E-state index >= 15 is 0 Å². The Morgan fingerprint density at radius 3 is 2.79 bits per heavy atom. The van der Waals surface area contributed by atoms with Crippen LogP contribution in [0.25, 0.3) is 0 Å². The number of amides is 1. The number of nitrogens with two attached hydrogens (primary N) is 1. The Balaban J connectivity index is 2.63. The number of rotatable bonds is 3. The lowest BCUT2D eigenvalue weighted by Gasteiger charge is -2.03. The van der Waals surface area contributed by atoms with Crippen molar-refractivity contribution in [3.05, 3.63) is 28.2 Å². The van der Waals surface area contributed by atoms with Crippen LogP contribution in [0.4, 0.5) is 0 Å². The van der Waals surface area contributed by atoms with Crippen LogP contribution in [0.15, 0.2) is 23.1 Å². The Kier molecular flexibility index (Phi) is 4.54. The minimum atomic E-state index is -0.249. The summed E-state index contributed by atoms with van der Waals surface area (Å²) in [5, 5.41) is 1.11. The summed E-state index contributed by atoms with van der Waals surface area (Å²) in [7, 11) is 0. The second kappa shape index (κ2) is 5.46. The highest BCUT2D eigenvalue weighted by atomic mass is 35.5. The fraction of sp³-hybridized carbons (Fsp3) is 0.125. The van der Waals surface area contributed by atoms with Gasteiger partial charge >= 0.3 is 0 Å². The number of hydrazine groups is 1. The van der Waals surface area contributed by atoms with Crippen LogP contribution in [-0.2, 0) is 4.79 Å². The van der Waals surface area contributed by atoms with Crippen LogP contribution in [-0.4, -0.2) is 11.7 Å². The molecule has 0 aliphatic heterocycles. The first-order valence-corrected chi connectivity index (χ1v) is 5.45. The number of carbonyl (C=O) groups excluding carboxylic acids is 1. The Bertz CT molecular complexity index is 346. The van der Waals surface area contributed by atoms with Crippen LogP contribution in [0.2, 0.25) is 10.0 Å². The topological polar surface area (TPSA) is 55.1 Å². The molecule has 76 valence electrons. The van der Waals surface area contributed by atoms with Gasteiger partial charge in [0.25, 0.3) is 0 Å². The number of hydrogen-bond acceptors (Lipinski definition) is 3. The Labute approximate surface area is 95.9 Å². The number of carbonyl (C=O) groups is 1. The molecule has 0 aliphatic rings. The average molecular weight is 251 g/mol. The SMILES string of the molecule is NNC(=O)CSc1ccc(Cl)cc1Cl. The summed E-state index contributed by atoms with van der Waals surface area (Å²) >= 11 is 12.9. The fourth-order valence-electron chi connectivity index (χ4n) is 0.777. The van der Waals surface area contributed by atoms with E-state index in [0.29, 0.717) is 10.0 Å². The lowest BCUT2D eigenvalue weighted by molar-refractivity contribution is -0.118. The average Bonchev–Trinajstić information content (AvgIpc) is 2.16. The first-order chi connectivity index (χ1) is 6.63. The van der Waals surface area contributed by atoms with Crippen molar-refractivity contribution >= 4 is 40.9 Å². The van der Waals surface area contributed by atoms with Crippen LogP contribution < -0.4 is 11.3 Å². The third-order valence-corrected chi connectivity index (χ3v) is 3.15. The zero-order chi connectivity index (χ0) is 10.6. The molecule has 0 spiro atoms. The van der Waals surface area contributed by atoms with Gasteiger partial charge in [0, 0.05) is 9.92 Å². The van der Waals surface area contributed by atoms with Gasteiger partial charge < -0.3 is 0 Å². The van der Waals surface area contributed by atoms with Crippen LogP contribution in [0.1, 0.15) is 0 Å². The predicted molar refractivity (Wildman–Crippen MR) is 59.5 cm³/mol. The molecule has 0 aromatic heterocycles. The van der Waals surface area contributed by atoms with Gasteiger partial charge in [0.1, 0.15) is 0 Å².